The molecule has 0 fully saturated rings. The summed E-state index contributed by atoms with van der Waals surface area (Å²) in [6.07, 6.45) is 0. The van der Waals surface area contributed by atoms with E-state index >= 15 is 0 Å². The third-order valence-electron chi connectivity index (χ3n) is 2.68. The standard InChI is InChI=1S/C14H7BrCl2N2OS2/c15-12-2-1-11(22-12)10-6-21-14(18-10)19-13(20)7-3-8(16)5-9(17)4-7/h1-6H,(H,18,19,20). The van der Waals surface area contributed by atoms with Gasteiger partial charge >= 0.3 is 0 Å². The molecule has 1 N–H and O–H groups in total. The number of aromatic nitrogens is 1. The fourth-order valence-electron chi connectivity index (χ4n) is 1.75. The van der Waals surface area contributed by atoms with Gasteiger partial charge in [0.05, 0.1) is 14.4 Å². The molecule has 0 atom stereocenters. The van der Waals surface area contributed by atoms with Gasteiger partial charge in [-0.25, -0.2) is 4.98 Å². The summed E-state index contributed by atoms with van der Waals surface area (Å²) in [7, 11) is 0. The molecule has 3 rings (SSSR count). The SMILES string of the molecule is O=C(Nc1nc(-c2ccc(Br)s2)cs1)c1cc(Cl)cc(Cl)c1. The van der Waals surface area contributed by atoms with Crippen LogP contribution in [0.5, 0.6) is 0 Å². The maximum absolute atomic E-state index is 12.2. The Kier molecular flexibility index (Phi) is 4.84. The van der Waals surface area contributed by atoms with Crippen molar-refractivity contribution in [2.75, 3.05) is 5.32 Å². The van der Waals surface area contributed by atoms with Crippen LogP contribution >= 0.6 is 61.8 Å². The number of amides is 1. The van der Waals surface area contributed by atoms with E-state index < -0.39 is 0 Å². The number of hydrogen-bond donors (Lipinski definition) is 1. The minimum atomic E-state index is -0.294. The van der Waals surface area contributed by atoms with E-state index in [0.717, 1.165) is 14.4 Å². The Morgan fingerprint density at radius 2 is 1.91 bits per heavy atom. The molecular formula is C14H7BrCl2N2OS2. The summed E-state index contributed by atoms with van der Waals surface area (Å²) in [4.78, 5) is 17.7. The summed E-state index contributed by atoms with van der Waals surface area (Å²) >= 11 is 18.2. The topological polar surface area (TPSA) is 42.0 Å². The molecule has 112 valence electrons. The molecule has 2 aromatic heterocycles. The van der Waals surface area contributed by atoms with Crippen LogP contribution in [0.25, 0.3) is 10.6 Å². The van der Waals surface area contributed by atoms with Gasteiger partial charge in [0.2, 0.25) is 0 Å². The lowest BCUT2D eigenvalue weighted by Gasteiger charge is -2.03. The zero-order valence-electron chi connectivity index (χ0n) is 10.8. The van der Waals surface area contributed by atoms with Crippen molar-refractivity contribution in [3.63, 3.8) is 0 Å². The molecule has 0 spiro atoms. The fourth-order valence-corrected chi connectivity index (χ4v) is 4.40. The molecule has 22 heavy (non-hydrogen) atoms. The number of nitrogens with zero attached hydrogens (tertiary/aromatic N) is 1. The van der Waals surface area contributed by atoms with Crippen molar-refractivity contribution in [3.05, 3.63) is 55.1 Å². The van der Waals surface area contributed by atoms with Crippen molar-refractivity contribution in [2.45, 2.75) is 0 Å². The molecule has 0 unspecified atom stereocenters. The smallest absolute Gasteiger partial charge is 0.257 e. The highest BCUT2D eigenvalue weighted by molar-refractivity contribution is 9.11. The molecule has 0 aliphatic rings. The molecule has 8 heteroatoms. The minimum absolute atomic E-state index is 0.294. The molecule has 0 radical (unpaired) electrons. The number of thiophene rings is 1. The molecule has 0 bridgehead atoms. The van der Waals surface area contributed by atoms with E-state index in [-0.39, 0.29) is 5.91 Å². The second-order valence-corrected chi connectivity index (χ2v) is 8.45. The van der Waals surface area contributed by atoms with Gasteiger partial charge in [-0.1, -0.05) is 23.2 Å². The van der Waals surface area contributed by atoms with Gasteiger partial charge in [-0.3, -0.25) is 10.1 Å². The number of rotatable bonds is 3. The Bertz CT molecular complexity index is 827. The second-order valence-electron chi connectivity index (χ2n) is 4.25. The number of carbonyl (C=O) groups is 1. The zero-order chi connectivity index (χ0) is 15.7. The molecule has 1 aromatic carbocycles. The summed E-state index contributed by atoms with van der Waals surface area (Å²) in [6, 6.07) is 8.65. The lowest BCUT2D eigenvalue weighted by Crippen LogP contribution is -2.11. The average Bonchev–Trinajstić information content (AvgIpc) is 3.06. The number of anilines is 1. The van der Waals surface area contributed by atoms with Crippen molar-refractivity contribution in [1.82, 2.24) is 4.98 Å². The predicted octanol–water partition coefficient (Wildman–Crippen LogP) is 6.19. The average molecular weight is 434 g/mol. The van der Waals surface area contributed by atoms with Crippen LogP contribution in [-0.4, -0.2) is 10.9 Å². The maximum atomic E-state index is 12.2. The largest absolute Gasteiger partial charge is 0.298 e. The van der Waals surface area contributed by atoms with Gasteiger partial charge in [-0.15, -0.1) is 22.7 Å². The van der Waals surface area contributed by atoms with Crippen LogP contribution in [0.2, 0.25) is 10.0 Å². The first kappa shape index (κ1) is 16.0. The van der Waals surface area contributed by atoms with E-state index in [1.165, 1.54) is 11.3 Å². The van der Waals surface area contributed by atoms with Crippen molar-refractivity contribution in [1.29, 1.82) is 0 Å². The van der Waals surface area contributed by atoms with Crippen molar-refractivity contribution < 1.29 is 4.79 Å². The third kappa shape index (κ3) is 3.70. The first-order valence-electron chi connectivity index (χ1n) is 6.00. The summed E-state index contributed by atoms with van der Waals surface area (Å²) in [5.74, 6) is -0.294. The van der Waals surface area contributed by atoms with Gasteiger partial charge in [0, 0.05) is 21.0 Å². The van der Waals surface area contributed by atoms with E-state index in [2.05, 4.69) is 26.2 Å². The highest BCUT2D eigenvalue weighted by Crippen LogP contribution is 2.33. The fraction of sp³-hybridized carbons (Fsp3) is 0. The minimum Gasteiger partial charge on any atom is -0.298 e. The monoisotopic (exact) mass is 432 g/mol. The lowest BCUT2D eigenvalue weighted by atomic mass is 10.2. The van der Waals surface area contributed by atoms with Crippen LogP contribution in [0.3, 0.4) is 0 Å². The van der Waals surface area contributed by atoms with Crippen LogP contribution in [0.1, 0.15) is 10.4 Å². The van der Waals surface area contributed by atoms with E-state index in [0.29, 0.717) is 20.7 Å². The van der Waals surface area contributed by atoms with Crippen molar-refractivity contribution in [2.24, 2.45) is 0 Å². The molecule has 3 nitrogen and oxygen atoms in total. The summed E-state index contributed by atoms with van der Waals surface area (Å²) in [5.41, 5.74) is 1.23. The number of benzene rings is 1. The van der Waals surface area contributed by atoms with Gasteiger partial charge in [-0.2, -0.15) is 0 Å². The van der Waals surface area contributed by atoms with Gasteiger partial charge in [0.1, 0.15) is 0 Å². The Labute approximate surface area is 153 Å². The summed E-state index contributed by atoms with van der Waals surface area (Å²) in [5, 5.41) is 6.02. The first-order valence-corrected chi connectivity index (χ1v) is 9.24. The zero-order valence-corrected chi connectivity index (χ0v) is 15.5. The first-order chi connectivity index (χ1) is 10.5. The lowest BCUT2D eigenvalue weighted by molar-refractivity contribution is 0.102. The number of nitrogens with one attached hydrogen (secondary N) is 1. The van der Waals surface area contributed by atoms with Gasteiger partial charge in [-0.05, 0) is 46.3 Å². The molecular weight excluding hydrogens is 427 g/mol. The second kappa shape index (κ2) is 6.68. The normalized spacial score (nSPS) is 10.7. The van der Waals surface area contributed by atoms with E-state index in [9.17, 15) is 4.79 Å². The van der Waals surface area contributed by atoms with Gasteiger partial charge in [0.15, 0.2) is 5.13 Å². The highest BCUT2D eigenvalue weighted by Gasteiger charge is 2.12. The van der Waals surface area contributed by atoms with Gasteiger partial charge in [0.25, 0.3) is 5.91 Å². The molecule has 2 heterocycles. The van der Waals surface area contributed by atoms with Crippen LogP contribution in [0.15, 0.2) is 39.5 Å². The van der Waals surface area contributed by atoms with Crippen LogP contribution in [0, 0.1) is 0 Å². The number of thiazole rings is 1. The van der Waals surface area contributed by atoms with Crippen molar-refractivity contribution >= 4 is 72.8 Å². The van der Waals surface area contributed by atoms with Crippen LogP contribution in [-0.2, 0) is 0 Å². The molecule has 0 aliphatic carbocycles. The van der Waals surface area contributed by atoms with E-state index in [1.807, 2.05) is 17.5 Å². The number of carbonyl (C=O) groups excluding carboxylic acids is 1. The van der Waals surface area contributed by atoms with E-state index in [4.69, 9.17) is 23.2 Å². The van der Waals surface area contributed by atoms with Crippen molar-refractivity contribution in [3.8, 4) is 10.6 Å². The molecule has 1 amide bonds. The van der Waals surface area contributed by atoms with E-state index in [1.54, 1.807) is 29.5 Å². The quantitative estimate of drug-likeness (QED) is 0.534. The molecule has 0 saturated carbocycles. The Balaban J connectivity index is 1.78. The van der Waals surface area contributed by atoms with Gasteiger partial charge < -0.3 is 0 Å². The Morgan fingerprint density at radius 3 is 2.55 bits per heavy atom. The Hall–Kier alpha value is -0.920. The summed E-state index contributed by atoms with van der Waals surface area (Å²) < 4.78 is 1.04. The maximum Gasteiger partial charge on any atom is 0.257 e. The summed E-state index contributed by atoms with van der Waals surface area (Å²) in [6.45, 7) is 0. The number of hydrogen-bond acceptors (Lipinski definition) is 4. The van der Waals surface area contributed by atoms with Crippen LogP contribution in [0.4, 0.5) is 5.13 Å². The molecule has 0 saturated heterocycles. The highest BCUT2D eigenvalue weighted by atomic mass is 79.9. The van der Waals surface area contributed by atoms with Crippen LogP contribution < -0.4 is 5.32 Å². The molecule has 3 aromatic rings. The predicted molar refractivity (Wildman–Crippen MR) is 97.5 cm³/mol. The molecule has 0 aliphatic heterocycles. The third-order valence-corrected chi connectivity index (χ3v) is 5.52. The Morgan fingerprint density at radius 1 is 1.18 bits per heavy atom. The number of halogens is 3.